The van der Waals surface area contributed by atoms with E-state index in [0.29, 0.717) is 0 Å². The van der Waals surface area contributed by atoms with Gasteiger partial charge in [-0.3, -0.25) is 0 Å². The fraction of sp³-hybridized carbons (Fsp3) is 0.647. The van der Waals surface area contributed by atoms with Gasteiger partial charge in [0, 0.05) is 0 Å². The number of unbranched alkanes of at least 4 members (excludes halogenated alkanes) is 5. The van der Waals surface area contributed by atoms with Crippen LogP contribution in [0.4, 0.5) is 0 Å². The van der Waals surface area contributed by atoms with Gasteiger partial charge in [0.05, 0.1) is 0 Å². The van der Waals surface area contributed by atoms with Gasteiger partial charge < -0.3 is 0 Å². The highest BCUT2D eigenvalue weighted by Crippen LogP contribution is 2.20. The maximum absolute atomic E-state index is 2.33. The Hall–Kier alpha value is -0.350. The van der Waals surface area contributed by atoms with Gasteiger partial charge in [0.25, 0.3) is 0 Å². The lowest BCUT2D eigenvalue weighted by molar-refractivity contribution is 0.626. The summed E-state index contributed by atoms with van der Waals surface area (Å²) in [6, 6.07) is 4.66. The lowest BCUT2D eigenvalue weighted by Crippen LogP contribution is -2.06. The Morgan fingerprint density at radius 3 is 2.00 bits per heavy atom. The van der Waals surface area contributed by atoms with Gasteiger partial charge in [-0.25, -0.2) is 0 Å². The topological polar surface area (TPSA) is 0 Å². The molecule has 0 saturated heterocycles. The van der Waals surface area contributed by atoms with Crippen LogP contribution >= 0.6 is 8.58 Å². The Balaban J connectivity index is 2.27. The van der Waals surface area contributed by atoms with Gasteiger partial charge >= 0.3 is 0 Å². The Bertz CT molecular complexity index is 332. The third-order valence-corrected chi connectivity index (χ3v) is 5.25. The van der Waals surface area contributed by atoms with Crippen LogP contribution < -0.4 is 5.30 Å². The largest absolute Gasteiger partial charge is 0.0898 e. The highest BCUT2D eigenvalue weighted by molar-refractivity contribution is 7.47. The average Bonchev–Trinajstić information content (AvgIpc) is 2.30. The lowest BCUT2D eigenvalue weighted by Gasteiger charge is -2.11. The zero-order chi connectivity index (χ0) is 13.4. The molecule has 0 radical (unpaired) electrons. The minimum absolute atomic E-state index is 1.01. The van der Waals surface area contributed by atoms with E-state index in [-0.39, 0.29) is 0 Å². The summed E-state index contributed by atoms with van der Waals surface area (Å²) in [7, 11) is 1.01. The average molecular weight is 264 g/mol. The number of benzene rings is 1. The van der Waals surface area contributed by atoms with E-state index in [9.17, 15) is 0 Å². The third-order valence-electron chi connectivity index (χ3n) is 3.51. The Morgan fingerprint density at radius 1 is 0.833 bits per heavy atom. The summed E-state index contributed by atoms with van der Waals surface area (Å²) in [4.78, 5) is 0. The molecule has 1 aromatic rings. The van der Waals surface area contributed by atoms with Gasteiger partial charge in [-0.15, -0.1) is 0 Å². The Labute approximate surface area is 115 Å². The van der Waals surface area contributed by atoms with Gasteiger partial charge in [0.15, 0.2) is 0 Å². The second-order valence-corrected chi connectivity index (χ2v) is 6.82. The predicted octanol–water partition coefficient (Wildman–Crippen LogP) is 5.28. The van der Waals surface area contributed by atoms with Crippen LogP contribution in [0.15, 0.2) is 12.1 Å². The zero-order valence-corrected chi connectivity index (χ0v) is 13.6. The van der Waals surface area contributed by atoms with E-state index in [0.717, 1.165) is 8.58 Å². The van der Waals surface area contributed by atoms with Crippen LogP contribution in [0.5, 0.6) is 0 Å². The first-order chi connectivity index (χ1) is 8.65. The summed E-state index contributed by atoms with van der Waals surface area (Å²) in [5, 5.41) is 1.62. The zero-order valence-electron chi connectivity index (χ0n) is 12.6. The number of aryl methyl sites for hydroxylation is 3. The molecule has 0 aliphatic rings. The van der Waals surface area contributed by atoms with Crippen LogP contribution in [0, 0.1) is 20.8 Å². The van der Waals surface area contributed by atoms with Crippen molar-refractivity contribution in [3.63, 3.8) is 0 Å². The molecule has 1 heteroatoms. The molecule has 0 nitrogen and oxygen atoms in total. The fourth-order valence-corrected chi connectivity index (χ4v) is 3.96. The summed E-state index contributed by atoms with van der Waals surface area (Å²) in [6.45, 7) is 9.01. The Morgan fingerprint density at radius 2 is 1.39 bits per heavy atom. The van der Waals surface area contributed by atoms with E-state index >= 15 is 0 Å². The summed E-state index contributed by atoms with van der Waals surface area (Å²) >= 11 is 0. The minimum atomic E-state index is 1.01. The normalized spacial score (nSPS) is 11.6. The van der Waals surface area contributed by atoms with E-state index in [1.807, 2.05) is 0 Å². The van der Waals surface area contributed by atoms with E-state index in [1.165, 1.54) is 61.4 Å². The molecular formula is C17H29P. The molecule has 0 bridgehead atoms. The predicted molar refractivity (Wildman–Crippen MR) is 86.8 cm³/mol. The SMILES string of the molecule is CCCCCCCCPc1c(C)cc(C)cc1C. The second-order valence-electron chi connectivity index (χ2n) is 5.47. The molecule has 0 saturated carbocycles. The van der Waals surface area contributed by atoms with Crippen LogP contribution in [0.3, 0.4) is 0 Å². The molecular weight excluding hydrogens is 235 g/mol. The van der Waals surface area contributed by atoms with E-state index < -0.39 is 0 Å². The third kappa shape index (κ3) is 5.53. The molecule has 0 amide bonds. The first-order valence-electron chi connectivity index (χ1n) is 7.47. The maximum Gasteiger partial charge on any atom is -0.0213 e. The summed E-state index contributed by atoms with van der Waals surface area (Å²) in [5.74, 6) is 0. The molecule has 0 aliphatic heterocycles. The van der Waals surface area contributed by atoms with E-state index in [4.69, 9.17) is 0 Å². The molecule has 0 spiro atoms. The first-order valence-corrected chi connectivity index (χ1v) is 8.67. The Kier molecular flexibility index (Phi) is 7.59. The fourth-order valence-electron chi connectivity index (χ4n) is 2.58. The van der Waals surface area contributed by atoms with Crippen molar-refractivity contribution in [2.75, 3.05) is 6.16 Å². The highest BCUT2D eigenvalue weighted by Gasteiger charge is 2.03. The summed E-state index contributed by atoms with van der Waals surface area (Å²) < 4.78 is 0. The monoisotopic (exact) mass is 264 g/mol. The van der Waals surface area contributed by atoms with Crippen molar-refractivity contribution in [1.29, 1.82) is 0 Å². The molecule has 1 aromatic carbocycles. The molecule has 0 aromatic heterocycles. The number of hydrogen-bond acceptors (Lipinski definition) is 0. The van der Waals surface area contributed by atoms with Crippen LogP contribution in [0.25, 0.3) is 0 Å². The second kappa shape index (κ2) is 8.70. The van der Waals surface area contributed by atoms with Crippen molar-refractivity contribution in [2.24, 2.45) is 0 Å². The highest BCUT2D eigenvalue weighted by atomic mass is 31.1. The molecule has 18 heavy (non-hydrogen) atoms. The van der Waals surface area contributed by atoms with Crippen molar-refractivity contribution >= 4 is 13.9 Å². The standard InChI is InChI=1S/C17H29P/c1-5-6-7-8-9-10-11-18-17-15(3)12-14(2)13-16(17)4/h12-13,18H,5-11H2,1-4H3. The van der Waals surface area contributed by atoms with Gasteiger partial charge in [0.1, 0.15) is 0 Å². The first kappa shape index (κ1) is 15.7. The smallest absolute Gasteiger partial charge is 0.0213 e. The van der Waals surface area contributed by atoms with Gasteiger partial charge in [-0.1, -0.05) is 65.3 Å². The molecule has 102 valence electrons. The minimum Gasteiger partial charge on any atom is -0.0898 e. The van der Waals surface area contributed by atoms with Crippen molar-refractivity contribution in [3.8, 4) is 0 Å². The van der Waals surface area contributed by atoms with E-state index in [2.05, 4.69) is 39.8 Å². The molecule has 0 N–H and O–H groups in total. The van der Waals surface area contributed by atoms with Crippen LogP contribution in [-0.4, -0.2) is 6.16 Å². The quantitative estimate of drug-likeness (QED) is 0.443. The molecule has 1 atom stereocenters. The number of rotatable bonds is 8. The van der Waals surface area contributed by atoms with Crippen LogP contribution in [0.2, 0.25) is 0 Å². The number of hydrogen-bond donors (Lipinski definition) is 0. The van der Waals surface area contributed by atoms with Gasteiger partial charge in [0.2, 0.25) is 0 Å². The molecule has 0 heterocycles. The summed E-state index contributed by atoms with van der Waals surface area (Å²) in [6.07, 6.45) is 9.86. The molecule has 0 fully saturated rings. The molecule has 1 unspecified atom stereocenters. The van der Waals surface area contributed by atoms with Crippen molar-refractivity contribution < 1.29 is 0 Å². The summed E-state index contributed by atoms with van der Waals surface area (Å²) in [5.41, 5.74) is 4.40. The van der Waals surface area contributed by atoms with Crippen molar-refractivity contribution in [1.82, 2.24) is 0 Å². The van der Waals surface area contributed by atoms with Crippen molar-refractivity contribution in [2.45, 2.75) is 66.2 Å². The van der Waals surface area contributed by atoms with Crippen molar-refractivity contribution in [3.05, 3.63) is 28.8 Å². The maximum atomic E-state index is 2.33. The van der Waals surface area contributed by atoms with E-state index in [1.54, 1.807) is 5.30 Å². The van der Waals surface area contributed by atoms with Crippen LogP contribution in [-0.2, 0) is 0 Å². The van der Waals surface area contributed by atoms with Gasteiger partial charge in [-0.05, 0) is 49.8 Å². The lowest BCUT2D eigenvalue weighted by atomic mass is 10.1. The molecule has 0 aliphatic carbocycles. The van der Waals surface area contributed by atoms with Crippen LogP contribution in [0.1, 0.15) is 62.1 Å². The van der Waals surface area contributed by atoms with Gasteiger partial charge in [-0.2, -0.15) is 0 Å². The molecule has 1 rings (SSSR count).